The van der Waals surface area contributed by atoms with E-state index in [1.165, 1.54) is 13.3 Å². The van der Waals surface area contributed by atoms with E-state index in [0.717, 1.165) is 0 Å². The van der Waals surface area contributed by atoms with E-state index in [0.29, 0.717) is 37.6 Å². The lowest BCUT2D eigenvalue weighted by atomic mass is 10.2. The maximum absolute atomic E-state index is 12.1. The number of hydrogen-bond acceptors (Lipinski definition) is 6. The molecule has 0 aromatic heterocycles. The van der Waals surface area contributed by atoms with Crippen LogP contribution in [-0.2, 0) is 19.1 Å². The van der Waals surface area contributed by atoms with Gasteiger partial charge in [-0.1, -0.05) is 12.1 Å². The first-order valence-electron chi connectivity index (χ1n) is 7.74. The summed E-state index contributed by atoms with van der Waals surface area (Å²) in [5.41, 5.74) is 2.66. The molecule has 1 aliphatic heterocycles. The molecule has 3 amide bonds. The second-order valence-corrected chi connectivity index (χ2v) is 5.10. The lowest BCUT2D eigenvalue weighted by Crippen LogP contribution is -2.43. The van der Waals surface area contributed by atoms with Crippen LogP contribution < -0.4 is 15.5 Å². The van der Waals surface area contributed by atoms with Crippen LogP contribution in [0.15, 0.2) is 29.4 Å². The normalized spacial score (nSPS) is 14.2. The molecular weight excluding hydrogens is 328 g/mol. The lowest BCUT2D eigenvalue weighted by molar-refractivity contribution is -0.138. The molecule has 1 heterocycles. The van der Waals surface area contributed by atoms with Crippen LogP contribution in [0.2, 0.25) is 0 Å². The second-order valence-electron chi connectivity index (χ2n) is 5.10. The monoisotopic (exact) mass is 348 g/mol. The summed E-state index contributed by atoms with van der Waals surface area (Å²) in [5, 5.41) is 5.90. The van der Waals surface area contributed by atoms with Gasteiger partial charge in [0.05, 0.1) is 19.4 Å². The van der Waals surface area contributed by atoms with E-state index < -0.39 is 11.8 Å². The van der Waals surface area contributed by atoms with Crippen LogP contribution in [0.1, 0.15) is 5.56 Å². The van der Waals surface area contributed by atoms with Crippen molar-refractivity contribution >= 4 is 23.9 Å². The number of benzene rings is 1. The maximum atomic E-state index is 12.1. The van der Waals surface area contributed by atoms with Gasteiger partial charge in [-0.3, -0.25) is 14.4 Å². The van der Waals surface area contributed by atoms with Crippen molar-refractivity contribution in [1.82, 2.24) is 15.6 Å². The third-order valence-electron chi connectivity index (χ3n) is 3.44. The van der Waals surface area contributed by atoms with Crippen molar-refractivity contribution < 1.29 is 23.9 Å². The zero-order valence-corrected chi connectivity index (χ0v) is 13.9. The molecule has 1 aromatic rings. The summed E-state index contributed by atoms with van der Waals surface area (Å²) in [6.07, 6.45) is 1.34. The molecule has 9 nitrogen and oxygen atoms in total. The van der Waals surface area contributed by atoms with Crippen molar-refractivity contribution in [1.29, 1.82) is 0 Å². The number of carbonyl (C=O) groups is 3. The Kier molecular flexibility index (Phi) is 6.90. The third-order valence-corrected chi connectivity index (χ3v) is 3.44. The molecule has 0 atom stereocenters. The van der Waals surface area contributed by atoms with Gasteiger partial charge in [0, 0.05) is 25.7 Å². The van der Waals surface area contributed by atoms with Crippen LogP contribution in [0.4, 0.5) is 0 Å². The van der Waals surface area contributed by atoms with Crippen molar-refractivity contribution in [2.45, 2.75) is 0 Å². The number of para-hydroxylation sites is 1. The Bertz CT molecular complexity index is 656. The first-order valence-corrected chi connectivity index (χ1v) is 7.74. The molecule has 1 aromatic carbocycles. The number of amides is 3. The van der Waals surface area contributed by atoms with Gasteiger partial charge in [-0.25, -0.2) is 5.43 Å². The molecular formula is C16H20N4O5. The van der Waals surface area contributed by atoms with E-state index in [2.05, 4.69) is 15.8 Å². The number of carbonyl (C=O) groups excluding carboxylic acids is 3. The Balaban J connectivity index is 1.92. The first kappa shape index (κ1) is 18.4. The van der Waals surface area contributed by atoms with Gasteiger partial charge >= 0.3 is 11.8 Å². The topological polar surface area (TPSA) is 109 Å². The predicted octanol–water partition coefficient (Wildman–Crippen LogP) is -0.880. The molecule has 2 N–H and O–H groups in total. The Morgan fingerprint density at radius 3 is 2.68 bits per heavy atom. The molecule has 9 heteroatoms. The molecule has 25 heavy (non-hydrogen) atoms. The summed E-state index contributed by atoms with van der Waals surface area (Å²) in [6, 6.07) is 6.92. The van der Waals surface area contributed by atoms with E-state index in [1.807, 2.05) is 0 Å². The molecule has 1 aliphatic rings. The average Bonchev–Trinajstić information content (AvgIpc) is 2.66. The largest absolute Gasteiger partial charge is 0.483 e. The first-order chi connectivity index (χ1) is 12.1. The predicted molar refractivity (Wildman–Crippen MR) is 89.1 cm³/mol. The van der Waals surface area contributed by atoms with Crippen LogP contribution in [-0.4, -0.2) is 68.8 Å². The SMILES string of the molecule is CNC(=O)C(=O)N/N=C\c1ccccc1OCC(=O)N1CCOCC1. The Labute approximate surface area is 145 Å². The van der Waals surface area contributed by atoms with Crippen molar-refractivity contribution in [3.63, 3.8) is 0 Å². The summed E-state index contributed by atoms with van der Waals surface area (Å²) >= 11 is 0. The number of morpholine rings is 1. The fourth-order valence-electron chi connectivity index (χ4n) is 2.09. The number of rotatable bonds is 5. The molecule has 134 valence electrons. The summed E-state index contributed by atoms with van der Waals surface area (Å²) in [5.74, 6) is -1.34. The third kappa shape index (κ3) is 5.57. The minimum atomic E-state index is -0.875. The van der Waals surface area contributed by atoms with Crippen LogP contribution in [0, 0.1) is 0 Å². The van der Waals surface area contributed by atoms with Crippen LogP contribution in [0.25, 0.3) is 0 Å². The smallest absolute Gasteiger partial charge is 0.329 e. The summed E-state index contributed by atoms with van der Waals surface area (Å²) in [6.45, 7) is 2.06. The minimum Gasteiger partial charge on any atom is -0.483 e. The van der Waals surface area contributed by atoms with E-state index >= 15 is 0 Å². The highest BCUT2D eigenvalue weighted by Gasteiger charge is 2.17. The van der Waals surface area contributed by atoms with Crippen LogP contribution in [0.3, 0.4) is 0 Å². The molecule has 2 rings (SSSR count). The minimum absolute atomic E-state index is 0.102. The lowest BCUT2D eigenvalue weighted by Gasteiger charge is -2.26. The molecule has 0 bridgehead atoms. The number of nitrogens with zero attached hydrogens (tertiary/aromatic N) is 2. The van der Waals surface area contributed by atoms with Gasteiger partial charge in [0.2, 0.25) is 0 Å². The van der Waals surface area contributed by atoms with E-state index in [9.17, 15) is 14.4 Å². The molecule has 0 radical (unpaired) electrons. The number of likely N-dealkylation sites (N-methyl/N-ethyl adjacent to an activating group) is 1. The fraction of sp³-hybridized carbons (Fsp3) is 0.375. The van der Waals surface area contributed by atoms with Gasteiger partial charge in [0.15, 0.2) is 6.61 Å². The Morgan fingerprint density at radius 1 is 1.24 bits per heavy atom. The Hall–Kier alpha value is -2.94. The standard InChI is InChI=1S/C16H20N4O5/c1-17-15(22)16(23)19-18-10-12-4-2-3-5-13(12)25-11-14(21)20-6-8-24-9-7-20/h2-5,10H,6-9,11H2,1H3,(H,17,22)(H,19,23)/b18-10-. The zero-order chi connectivity index (χ0) is 18.1. The van der Waals surface area contributed by atoms with Gasteiger partial charge < -0.3 is 19.7 Å². The molecule has 0 unspecified atom stereocenters. The number of ether oxygens (including phenoxy) is 2. The van der Waals surface area contributed by atoms with Crippen molar-refractivity contribution in [2.24, 2.45) is 5.10 Å². The summed E-state index contributed by atoms with van der Waals surface area (Å²) in [4.78, 5) is 36.2. The highest BCUT2D eigenvalue weighted by Crippen LogP contribution is 2.16. The summed E-state index contributed by atoms with van der Waals surface area (Å²) < 4.78 is 10.8. The number of nitrogens with one attached hydrogen (secondary N) is 2. The number of hydrazone groups is 1. The van der Waals surface area contributed by atoms with E-state index in [4.69, 9.17) is 9.47 Å². The second kappa shape index (κ2) is 9.38. The van der Waals surface area contributed by atoms with Crippen LogP contribution in [0.5, 0.6) is 5.75 Å². The van der Waals surface area contributed by atoms with Gasteiger partial charge in [-0.05, 0) is 12.1 Å². The van der Waals surface area contributed by atoms with Gasteiger partial charge in [0.1, 0.15) is 5.75 Å². The quantitative estimate of drug-likeness (QED) is 0.408. The van der Waals surface area contributed by atoms with Gasteiger partial charge in [-0.15, -0.1) is 0 Å². The molecule has 1 saturated heterocycles. The highest BCUT2D eigenvalue weighted by atomic mass is 16.5. The summed E-state index contributed by atoms with van der Waals surface area (Å²) in [7, 11) is 1.35. The average molecular weight is 348 g/mol. The van der Waals surface area contributed by atoms with Crippen molar-refractivity contribution in [3.05, 3.63) is 29.8 Å². The van der Waals surface area contributed by atoms with Gasteiger partial charge in [0.25, 0.3) is 5.91 Å². The number of hydrogen-bond donors (Lipinski definition) is 2. The van der Waals surface area contributed by atoms with Crippen molar-refractivity contribution in [2.75, 3.05) is 40.0 Å². The fourth-order valence-corrected chi connectivity index (χ4v) is 2.09. The van der Waals surface area contributed by atoms with E-state index in [1.54, 1.807) is 29.2 Å². The molecule has 0 aliphatic carbocycles. The van der Waals surface area contributed by atoms with Crippen molar-refractivity contribution in [3.8, 4) is 5.75 Å². The Morgan fingerprint density at radius 2 is 1.96 bits per heavy atom. The highest BCUT2D eigenvalue weighted by molar-refractivity contribution is 6.35. The molecule has 1 fully saturated rings. The van der Waals surface area contributed by atoms with E-state index in [-0.39, 0.29) is 12.5 Å². The van der Waals surface area contributed by atoms with Gasteiger partial charge in [-0.2, -0.15) is 5.10 Å². The molecule has 0 spiro atoms. The molecule has 0 saturated carbocycles. The zero-order valence-electron chi connectivity index (χ0n) is 13.9. The maximum Gasteiger partial charge on any atom is 0.329 e. The van der Waals surface area contributed by atoms with Crippen LogP contribution >= 0.6 is 0 Å².